The number of aromatic amines is 1. The number of fused-ring (bicyclic) bond motifs is 1. The number of anilines is 2. The summed E-state index contributed by atoms with van der Waals surface area (Å²) in [6.07, 6.45) is 1.37. The Labute approximate surface area is 190 Å². The molecule has 1 aliphatic rings. The van der Waals surface area contributed by atoms with E-state index in [1.54, 1.807) is 17.2 Å². The second kappa shape index (κ2) is 8.63. The van der Waals surface area contributed by atoms with Gasteiger partial charge in [0.2, 0.25) is 0 Å². The van der Waals surface area contributed by atoms with Gasteiger partial charge in [-0.15, -0.1) is 0 Å². The van der Waals surface area contributed by atoms with E-state index in [-0.39, 0.29) is 17.8 Å². The molecule has 1 amide bonds. The van der Waals surface area contributed by atoms with Crippen LogP contribution in [0.1, 0.15) is 33.5 Å². The number of H-pyrrole nitrogens is 1. The number of carbonyl (C=O) groups is 1. The van der Waals surface area contributed by atoms with E-state index in [9.17, 15) is 9.18 Å². The van der Waals surface area contributed by atoms with Gasteiger partial charge in [-0.25, -0.2) is 9.37 Å². The zero-order chi connectivity index (χ0) is 22.9. The maximum Gasteiger partial charge on any atom is 0.270 e. The Balaban J connectivity index is 1.38. The average molecular weight is 445 g/mol. The van der Waals surface area contributed by atoms with E-state index in [0.29, 0.717) is 30.8 Å². The predicted molar refractivity (Wildman–Crippen MR) is 124 cm³/mol. The van der Waals surface area contributed by atoms with Crippen LogP contribution in [-0.4, -0.2) is 45.5 Å². The van der Waals surface area contributed by atoms with Crippen LogP contribution in [0, 0.1) is 19.7 Å². The lowest BCUT2D eigenvalue weighted by molar-refractivity contribution is -0.0249. The minimum atomic E-state index is -0.353. The van der Waals surface area contributed by atoms with E-state index >= 15 is 0 Å². The summed E-state index contributed by atoms with van der Waals surface area (Å²) in [4.78, 5) is 27.2. The number of ether oxygens (including phenoxy) is 1. The molecule has 3 aromatic heterocycles. The second-order valence-corrected chi connectivity index (χ2v) is 8.19. The van der Waals surface area contributed by atoms with Crippen LogP contribution in [0.3, 0.4) is 0 Å². The molecular weight excluding hydrogens is 421 g/mol. The van der Waals surface area contributed by atoms with Crippen LogP contribution < -0.4 is 5.32 Å². The fourth-order valence-electron chi connectivity index (χ4n) is 4.20. The number of carbonyl (C=O) groups excluding carboxylic acids is 1. The number of nitrogens with zero attached hydrogens (tertiary/aromatic N) is 3. The zero-order valence-electron chi connectivity index (χ0n) is 18.4. The number of hydrogen-bond donors (Lipinski definition) is 2. The van der Waals surface area contributed by atoms with Gasteiger partial charge in [0.1, 0.15) is 23.4 Å². The largest absolute Gasteiger partial charge is 0.368 e. The molecule has 1 atom stereocenters. The van der Waals surface area contributed by atoms with E-state index in [0.717, 1.165) is 34.0 Å². The molecule has 2 N–H and O–H groups in total. The monoisotopic (exact) mass is 445 g/mol. The van der Waals surface area contributed by atoms with Crippen molar-refractivity contribution in [1.82, 2.24) is 19.9 Å². The van der Waals surface area contributed by atoms with Crippen LogP contribution in [0.15, 0.2) is 54.7 Å². The normalized spacial score (nSPS) is 16.2. The van der Waals surface area contributed by atoms with Crippen LogP contribution in [0.25, 0.3) is 10.9 Å². The third-order valence-corrected chi connectivity index (χ3v) is 5.83. The minimum absolute atomic E-state index is 0.128. The van der Waals surface area contributed by atoms with Gasteiger partial charge < -0.3 is 19.9 Å². The Morgan fingerprint density at radius 3 is 2.91 bits per heavy atom. The van der Waals surface area contributed by atoms with Crippen LogP contribution in [0.4, 0.5) is 15.9 Å². The number of rotatable bonds is 4. The highest BCUT2D eigenvalue weighted by molar-refractivity contribution is 6.01. The first kappa shape index (κ1) is 21.1. The van der Waals surface area contributed by atoms with Gasteiger partial charge in [0.15, 0.2) is 0 Å². The summed E-state index contributed by atoms with van der Waals surface area (Å²) in [6.45, 7) is 5.01. The maximum absolute atomic E-state index is 13.7. The van der Waals surface area contributed by atoms with Crippen molar-refractivity contribution in [1.29, 1.82) is 0 Å². The molecule has 1 aromatic carbocycles. The molecule has 8 heteroatoms. The molecule has 0 saturated carbocycles. The van der Waals surface area contributed by atoms with Crippen molar-refractivity contribution in [2.45, 2.75) is 20.0 Å². The number of benzene rings is 1. The third-order valence-electron chi connectivity index (χ3n) is 5.83. The summed E-state index contributed by atoms with van der Waals surface area (Å²) < 4.78 is 19.7. The molecule has 7 nitrogen and oxygen atoms in total. The van der Waals surface area contributed by atoms with E-state index in [1.807, 2.05) is 44.2 Å². The number of morpholine rings is 1. The van der Waals surface area contributed by atoms with Crippen molar-refractivity contribution < 1.29 is 13.9 Å². The molecule has 168 valence electrons. The number of hydrogen-bond acceptors (Lipinski definition) is 5. The third kappa shape index (κ3) is 4.29. The number of aryl methyl sites for hydroxylation is 2. The number of pyridine rings is 2. The molecule has 4 aromatic rings. The van der Waals surface area contributed by atoms with Crippen molar-refractivity contribution in [2.75, 3.05) is 25.0 Å². The number of aromatic nitrogens is 3. The molecule has 1 aliphatic heterocycles. The SMILES string of the molecule is Cc1cc(Nc2ccccn2)cc([C@@H]2CN(C(=O)c3[nH]c4ccc(F)cc4c3C)CCO2)n1. The molecule has 4 heterocycles. The van der Waals surface area contributed by atoms with Crippen LogP contribution in [0.5, 0.6) is 0 Å². The highest BCUT2D eigenvalue weighted by Gasteiger charge is 2.29. The molecule has 5 rings (SSSR count). The van der Waals surface area contributed by atoms with Crippen LogP contribution in [-0.2, 0) is 4.74 Å². The van der Waals surface area contributed by atoms with Crippen molar-refractivity contribution in [3.8, 4) is 0 Å². The summed E-state index contributed by atoms with van der Waals surface area (Å²) in [5, 5.41) is 4.00. The lowest BCUT2D eigenvalue weighted by Gasteiger charge is -2.33. The first-order valence-electron chi connectivity index (χ1n) is 10.8. The quantitative estimate of drug-likeness (QED) is 0.477. The Kier molecular flexibility index (Phi) is 5.51. The van der Waals surface area contributed by atoms with Crippen LogP contribution in [0.2, 0.25) is 0 Å². The second-order valence-electron chi connectivity index (χ2n) is 8.19. The Bertz CT molecular complexity index is 1320. The molecular formula is C25H24FN5O2. The molecule has 0 radical (unpaired) electrons. The summed E-state index contributed by atoms with van der Waals surface area (Å²) in [7, 11) is 0. The standard InChI is InChI=1S/C25H24FN5O2/c1-15-11-18(29-23-5-3-4-8-27-23)13-21(28-15)22-14-31(9-10-33-22)25(32)24-16(2)19-12-17(26)6-7-20(19)30-24/h3-8,11-13,22,30H,9-10,14H2,1-2H3,(H,27,28,29)/t22-/m0/s1. The fourth-order valence-corrected chi connectivity index (χ4v) is 4.20. The average Bonchev–Trinajstić information content (AvgIpc) is 3.14. The maximum atomic E-state index is 13.7. The summed E-state index contributed by atoms with van der Waals surface area (Å²) in [6, 6.07) is 14.0. The first-order chi connectivity index (χ1) is 16.0. The predicted octanol–water partition coefficient (Wildman–Crippen LogP) is 4.67. The van der Waals surface area contributed by atoms with Gasteiger partial charge in [-0.05, 0) is 61.9 Å². The lowest BCUT2D eigenvalue weighted by atomic mass is 10.1. The van der Waals surface area contributed by atoms with Crippen molar-refractivity contribution in [3.63, 3.8) is 0 Å². The summed E-state index contributed by atoms with van der Waals surface area (Å²) in [5.74, 6) is 0.286. The minimum Gasteiger partial charge on any atom is -0.368 e. The molecule has 33 heavy (non-hydrogen) atoms. The molecule has 0 bridgehead atoms. The van der Waals surface area contributed by atoms with Gasteiger partial charge in [0.05, 0.1) is 18.8 Å². The van der Waals surface area contributed by atoms with E-state index in [1.165, 1.54) is 12.1 Å². The van der Waals surface area contributed by atoms with E-state index < -0.39 is 0 Å². The number of amides is 1. The van der Waals surface area contributed by atoms with Crippen molar-refractivity contribution in [3.05, 3.63) is 83.2 Å². The Morgan fingerprint density at radius 1 is 1.21 bits per heavy atom. The Hall–Kier alpha value is -3.78. The molecule has 1 fully saturated rings. The number of halogens is 1. The van der Waals surface area contributed by atoms with Gasteiger partial charge in [0.25, 0.3) is 5.91 Å². The van der Waals surface area contributed by atoms with E-state index in [4.69, 9.17) is 4.74 Å². The topological polar surface area (TPSA) is 83.1 Å². The summed E-state index contributed by atoms with van der Waals surface area (Å²) in [5.41, 5.74) is 4.41. The van der Waals surface area contributed by atoms with E-state index in [2.05, 4.69) is 20.3 Å². The molecule has 0 unspecified atom stereocenters. The highest BCUT2D eigenvalue weighted by Crippen LogP contribution is 2.28. The molecule has 0 aliphatic carbocycles. The summed E-state index contributed by atoms with van der Waals surface area (Å²) >= 11 is 0. The number of nitrogens with one attached hydrogen (secondary N) is 2. The molecule has 1 saturated heterocycles. The van der Waals surface area contributed by atoms with Gasteiger partial charge in [0, 0.05) is 35.0 Å². The van der Waals surface area contributed by atoms with Crippen LogP contribution >= 0.6 is 0 Å². The zero-order valence-corrected chi connectivity index (χ0v) is 18.4. The van der Waals surface area contributed by atoms with Crippen molar-refractivity contribution in [2.24, 2.45) is 0 Å². The first-order valence-corrected chi connectivity index (χ1v) is 10.8. The van der Waals surface area contributed by atoms with Gasteiger partial charge in [-0.1, -0.05) is 6.07 Å². The Morgan fingerprint density at radius 2 is 2.09 bits per heavy atom. The van der Waals surface area contributed by atoms with Gasteiger partial charge >= 0.3 is 0 Å². The fraction of sp³-hybridized carbons (Fsp3) is 0.240. The van der Waals surface area contributed by atoms with Crippen molar-refractivity contribution >= 4 is 28.3 Å². The lowest BCUT2D eigenvalue weighted by Crippen LogP contribution is -2.42. The smallest absolute Gasteiger partial charge is 0.270 e. The highest BCUT2D eigenvalue weighted by atomic mass is 19.1. The molecule has 0 spiro atoms. The van der Waals surface area contributed by atoms with Gasteiger partial charge in [-0.2, -0.15) is 0 Å². The van der Waals surface area contributed by atoms with Gasteiger partial charge in [-0.3, -0.25) is 9.78 Å².